The molecule has 0 amide bonds. The highest BCUT2D eigenvalue weighted by Crippen LogP contribution is 2.21. The minimum Gasteiger partial charge on any atom is -0.315 e. The van der Waals surface area contributed by atoms with Crippen molar-refractivity contribution in [2.45, 2.75) is 38.3 Å². The first-order valence-corrected chi connectivity index (χ1v) is 6.78. The standard InChI is InChI=1S/C13H27N3/c1-11-8-13(10-14-9-11)16(3)12-4-6-15(2)7-5-12/h11-14H,4-10H2,1-3H3. The van der Waals surface area contributed by atoms with Gasteiger partial charge in [-0.3, -0.25) is 4.90 Å². The minimum atomic E-state index is 0.761. The lowest BCUT2D eigenvalue weighted by Crippen LogP contribution is -2.52. The van der Waals surface area contributed by atoms with Crippen LogP contribution in [0.2, 0.25) is 0 Å². The van der Waals surface area contributed by atoms with Crippen LogP contribution in [-0.4, -0.2) is 62.2 Å². The van der Waals surface area contributed by atoms with E-state index in [4.69, 9.17) is 0 Å². The molecule has 1 N–H and O–H groups in total. The van der Waals surface area contributed by atoms with Crippen molar-refractivity contribution in [2.75, 3.05) is 40.3 Å². The van der Waals surface area contributed by atoms with Crippen LogP contribution >= 0.6 is 0 Å². The van der Waals surface area contributed by atoms with Crippen LogP contribution in [-0.2, 0) is 0 Å². The van der Waals surface area contributed by atoms with E-state index >= 15 is 0 Å². The number of hydrogen-bond donors (Lipinski definition) is 1. The predicted molar refractivity (Wildman–Crippen MR) is 68.7 cm³/mol. The number of piperidine rings is 2. The number of likely N-dealkylation sites (N-methyl/N-ethyl adjacent to an activating group) is 1. The van der Waals surface area contributed by atoms with E-state index < -0.39 is 0 Å². The van der Waals surface area contributed by atoms with Gasteiger partial charge >= 0.3 is 0 Å². The Morgan fingerprint density at radius 2 is 1.81 bits per heavy atom. The van der Waals surface area contributed by atoms with Crippen molar-refractivity contribution in [3.8, 4) is 0 Å². The van der Waals surface area contributed by atoms with Crippen LogP contribution in [0.25, 0.3) is 0 Å². The third-order valence-electron chi connectivity index (χ3n) is 4.39. The summed E-state index contributed by atoms with van der Waals surface area (Å²) in [5, 5.41) is 3.56. The second-order valence-corrected chi connectivity index (χ2v) is 5.85. The van der Waals surface area contributed by atoms with Crippen molar-refractivity contribution in [1.82, 2.24) is 15.1 Å². The fourth-order valence-corrected chi connectivity index (χ4v) is 3.14. The maximum Gasteiger partial charge on any atom is 0.0223 e. The summed E-state index contributed by atoms with van der Waals surface area (Å²) in [5.41, 5.74) is 0. The molecule has 0 saturated carbocycles. The van der Waals surface area contributed by atoms with Gasteiger partial charge in [0.25, 0.3) is 0 Å². The molecule has 2 unspecified atom stereocenters. The van der Waals surface area contributed by atoms with Crippen LogP contribution in [0.1, 0.15) is 26.2 Å². The first kappa shape index (κ1) is 12.3. The molecule has 2 saturated heterocycles. The molecular weight excluding hydrogens is 198 g/mol. The van der Waals surface area contributed by atoms with Crippen molar-refractivity contribution < 1.29 is 0 Å². The monoisotopic (exact) mass is 225 g/mol. The molecule has 94 valence electrons. The molecule has 0 aromatic heterocycles. The Balaban J connectivity index is 1.84. The van der Waals surface area contributed by atoms with Gasteiger partial charge in [-0.2, -0.15) is 0 Å². The zero-order chi connectivity index (χ0) is 11.5. The summed E-state index contributed by atoms with van der Waals surface area (Å²) in [6.45, 7) is 7.29. The molecule has 2 aliphatic rings. The van der Waals surface area contributed by atoms with Crippen LogP contribution in [0.15, 0.2) is 0 Å². The Morgan fingerprint density at radius 3 is 2.44 bits per heavy atom. The first-order valence-electron chi connectivity index (χ1n) is 6.78. The topological polar surface area (TPSA) is 18.5 Å². The van der Waals surface area contributed by atoms with Gasteiger partial charge in [0, 0.05) is 18.6 Å². The molecule has 0 aromatic carbocycles. The van der Waals surface area contributed by atoms with Gasteiger partial charge in [-0.25, -0.2) is 0 Å². The molecule has 0 bridgehead atoms. The first-order chi connectivity index (χ1) is 7.66. The van der Waals surface area contributed by atoms with Crippen LogP contribution < -0.4 is 5.32 Å². The average Bonchev–Trinajstić information content (AvgIpc) is 2.29. The van der Waals surface area contributed by atoms with Gasteiger partial charge < -0.3 is 10.2 Å². The number of nitrogens with one attached hydrogen (secondary N) is 1. The van der Waals surface area contributed by atoms with E-state index in [1.807, 2.05) is 0 Å². The maximum atomic E-state index is 3.56. The molecule has 2 atom stereocenters. The summed E-state index contributed by atoms with van der Waals surface area (Å²) < 4.78 is 0. The molecule has 0 radical (unpaired) electrons. The van der Waals surface area contributed by atoms with Gasteiger partial charge in [0.15, 0.2) is 0 Å². The van der Waals surface area contributed by atoms with E-state index in [1.165, 1.54) is 45.4 Å². The Kier molecular flexibility index (Phi) is 4.22. The molecule has 3 nitrogen and oxygen atoms in total. The van der Waals surface area contributed by atoms with Crippen LogP contribution in [0.3, 0.4) is 0 Å². The molecule has 2 rings (SSSR count). The van der Waals surface area contributed by atoms with Gasteiger partial charge in [-0.1, -0.05) is 6.92 Å². The Bertz CT molecular complexity index is 211. The number of likely N-dealkylation sites (tertiary alicyclic amines) is 1. The summed E-state index contributed by atoms with van der Waals surface area (Å²) in [7, 11) is 4.57. The second kappa shape index (κ2) is 5.48. The van der Waals surface area contributed by atoms with E-state index in [2.05, 4.69) is 36.1 Å². The van der Waals surface area contributed by atoms with Crippen molar-refractivity contribution in [3.05, 3.63) is 0 Å². The van der Waals surface area contributed by atoms with Gasteiger partial charge in [0.05, 0.1) is 0 Å². The lowest BCUT2D eigenvalue weighted by Gasteiger charge is -2.42. The van der Waals surface area contributed by atoms with E-state index in [0.29, 0.717) is 0 Å². The lowest BCUT2D eigenvalue weighted by atomic mass is 9.94. The third-order valence-corrected chi connectivity index (χ3v) is 4.39. The van der Waals surface area contributed by atoms with Crippen LogP contribution in [0.4, 0.5) is 0 Å². The minimum absolute atomic E-state index is 0.761. The van der Waals surface area contributed by atoms with Crippen LogP contribution in [0, 0.1) is 5.92 Å². The summed E-state index contributed by atoms with van der Waals surface area (Å²) >= 11 is 0. The Labute approximate surface area is 100 Å². The quantitative estimate of drug-likeness (QED) is 0.757. The Morgan fingerprint density at radius 1 is 1.12 bits per heavy atom. The average molecular weight is 225 g/mol. The smallest absolute Gasteiger partial charge is 0.0223 e. The number of nitrogens with zero attached hydrogens (tertiary/aromatic N) is 2. The largest absolute Gasteiger partial charge is 0.315 e. The zero-order valence-corrected chi connectivity index (χ0v) is 11.1. The SMILES string of the molecule is CC1CNCC(N(C)C2CCN(C)CC2)C1. The van der Waals surface area contributed by atoms with E-state index in [9.17, 15) is 0 Å². The maximum absolute atomic E-state index is 3.56. The molecule has 2 fully saturated rings. The van der Waals surface area contributed by atoms with E-state index in [-0.39, 0.29) is 0 Å². The lowest BCUT2D eigenvalue weighted by molar-refractivity contribution is 0.0842. The number of rotatable bonds is 2. The van der Waals surface area contributed by atoms with Crippen molar-refractivity contribution >= 4 is 0 Å². The van der Waals surface area contributed by atoms with Gasteiger partial charge in [-0.05, 0) is 58.9 Å². The Hall–Kier alpha value is -0.120. The van der Waals surface area contributed by atoms with Crippen molar-refractivity contribution in [3.63, 3.8) is 0 Å². The second-order valence-electron chi connectivity index (χ2n) is 5.85. The molecule has 16 heavy (non-hydrogen) atoms. The molecule has 0 spiro atoms. The van der Waals surface area contributed by atoms with Gasteiger partial charge in [-0.15, -0.1) is 0 Å². The highest BCUT2D eigenvalue weighted by Gasteiger charge is 2.28. The molecule has 2 aliphatic heterocycles. The van der Waals surface area contributed by atoms with Crippen molar-refractivity contribution in [2.24, 2.45) is 5.92 Å². The highest BCUT2D eigenvalue weighted by atomic mass is 15.2. The summed E-state index contributed by atoms with van der Waals surface area (Å²) in [6, 6.07) is 1.57. The summed E-state index contributed by atoms with van der Waals surface area (Å²) in [4.78, 5) is 5.10. The highest BCUT2D eigenvalue weighted by molar-refractivity contribution is 4.86. The van der Waals surface area contributed by atoms with E-state index in [0.717, 1.165) is 18.0 Å². The van der Waals surface area contributed by atoms with Crippen LogP contribution in [0.5, 0.6) is 0 Å². The zero-order valence-electron chi connectivity index (χ0n) is 11.1. The van der Waals surface area contributed by atoms with Gasteiger partial charge in [0.2, 0.25) is 0 Å². The molecule has 0 aromatic rings. The summed E-state index contributed by atoms with van der Waals surface area (Å²) in [5.74, 6) is 0.840. The van der Waals surface area contributed by atoms with Crippen molar-refractivity contribution in [1.29, 1.82) is 0 Å². The normalized spacial score (nSPS) is 34.5. The van der Waals surface area contributed by atoms with E-state index in [1.54, 1.807) is 0 Å². The molecule has 2 heterocycles. The fraction of sp³-hybridized carbons (Fsp3) is 1.00. The predicted octanol–water partition coefficient (Wildman–Crippen LogP) is 1.01. The number of hydrogen-bond acceptors (Lipinski definition) is 3. The molecule has 0 aliphatic carbocycles. The van der Waals surface area contributed by atoms with Gasteiger partial charge in [0.1, 0.15) is 0 Å². The summed E-state index contributed by atoms with van der Waals surface area (Å²) in [6.07, 6.45) is 4.06. The third kappa shape index (κ3) is 2.96. The molecule has 3 heteroatoms. The molecular formula is C13H27N3. The fourth-order valence-electron chi connectivity index (χ4n) is 3.14.